The summed E-state index contributed by atoms with van der Waals surface area (Å²) in [6.07, 6.45) is -4.44. The number of hydrogen-bond donors (Lipinski definition) is 1. The van der Waals surface area contributed by atoms with Gasteiger partial charge >= 0.3 is 6.18 Å². The van der Waals surface area contributed by atoms with Gasteiger partial charge in [-0.3, -0.25) is 4.79 Å². The van der Waals surface area contributed by atoms with Crippen molar-refractivity contribution in [3.8, 4) is 0 Å². The Balaban J connectivity index is 2.45. The minimum absolute atomic E-state index is 0.311. The molecular weight excluding hydrogens is 385 g/mol. The lowest BCUT2D eigenvalue weighted by molar-refractivity contribution is -0.174. The van der Waals surface area contributed by atoms with Crippen molar-refractivity contribution in [2.24, 2.45) is 0 Å². The van der Waals surface area contributed by atoms with Gasteiger partial charge in [0, 0.05) is 3.57 Å². The molecule has 1 aromatic carbocycles. The summed E-state index contributed by atoms with van der Waals surface area (Å²) in [6.45, 7) is -2.14. The number of benzene rings is 1. The van der Waals surface area contributed by atoms with E-state index in [0.717, 1.165) is 3.57 Å². The van der Waals surface area contributed by atoms with Crippen LogP contribution in [0.5, 0.6) is 0 Å². The summed E-state index contributed by atoms with van der Waals surface area (Å²) in [6, 6.07) is 4.89. The third-order valence-electron chi connectivity index (χ3n) is 1.70. The molecule has 0 saturated carbocycles. The first-order chi connectivity index (χ1) is 8.28. The summed E-state index contributed by atoms with van der Waals surface area (Å²) >= 11 is 7.88. The summed E-state index contributed by atoms with van der Waals surface area (Å²) in [5, 5.41) is 2.67. The Kier molecular flexibility index (Phi) is 5.67. The summed E-state index contributed by atoms with van der Waals surface area (Å²) < 4.78 is 40.4. The molecule has 0 aliphatic rings. The number of halogens is 5. The third-order valence-corrected chi connectivity index (χ3v) is 2.69. The Morgan fingerprint density at radius 2 is 2.11 bits per heavy atom. The van der Waals surface area contributed by atoms with E-state index in [4.69, 9.17) is 11.6 Å². The van der Waals surface area contributed by atoms with Crippen LogP contribution in [0.2, 0.25) is 5.02 Å². The normalized spacial score (nSPS) is 11.4. The van der Waals surface area contributed by atoms with Gasteiger partial charge in [-0.15, -0.1) is 0 Å². The summed E-state index contributed by atoms with van der Waals surface area (Å²) in [5.41, 5.74) is 0.331. The number of hydrogen-bond acceptors (Lipinski definition) is 2. The molecule has 0 aliphatic carbocycles. The number of rotatable bonds is 4. The van der Waals surface area contributed by atoms with Gasteiger partial charge in [-0.05, 0) is 40.8 Å². The molecule has 0 fully saturated rings. The number of carbonyl (C=O) groups is 1. The summed E-state index contributed by atoms with van der Waals surface area (Å²) in [5.74, 6) is -0.692. The molecule has 100 valence electrons. The molecule has 0 unspecified atom stereocenters. The van der Waals surface area contributed by atoms with E-state index in [1.165, 1.54) is 0 Å². The van der Waals surface area contributed by atoms with Gasteiger partial charge in [0.2, 0.25) is 5.91 Å². The number of nitrogens with one attached hydrogen (secondary N) is 1. The zero-order chi connectivity index (χ0) is 13.8. The number of anilines is 1. The van der Waals surface area contributed by atoms with Gasteiger partial charge in [0.15, 0.2) is 0 Å². The molecule has 8 heteroatoms. The predicted octanol–water partition coefficient (Wildman–Crippen LogP) is 3.46. The van der Waals surface area contributed by atoms with Crippen LogP contribution in [0, 0.1) is 3.57 Å². The Bertz CT molecular complexity index is 440. The topological polar surface area (TPSA) is 38.3 Å². The van der Waals surface area contributed by atoms with E-state index >= 15 is 0 Å². The molecule has 0 saturated heterocycles. The Labute approximate surface area is 120 Å². The summed E-state index contributed by atoms with van der Waals surface area (Å²) in [7, 11) is 0. The highest BCUT2D eigenvalue weighted by molar-refractivity contribution is 14.1. The van der Waals surface area contributed by atoms with Crippen LogP contribution in [-0.2, 0) is 9.53 Å². The van der Waals surface area contributed by atoms with E-state index in [2.05, 4.69) is 10.1 Å². The van der Waals surface area contributed by atoms with E-state index in [9.17, 15) is 18.0 Å². The second kappa shape index (κ2) is 6.58. The lowest BCUT2D eigenvalue weighted by Gasteiger charge is -2.09. The van der Waals surface area contributed by atoms with Crippen molar-refractivity contribution in [3.05, 3.63) is 26.8 Å². The first-order valence-corrected chi connectivity index (χ1v) is 6.13. The SMILES string of the molecule is O=C(COCC(F)(F)F)Nc1ccc(I)cc1Cl. The lowest BCUT2D eigenvalue weighted by atomic mass is 10.3. The van der Waals surface area contributed by atoms with Gasteiger partial charge in [-0.25, -0.2) is 0 Å². The van der Waals surface area contributed by atoms with Crippen molar-refractivity contribution in [1.82, 2.24) is 0 Å². The quantitative estimate of drug-likeness (QED) is 0.796. The smallest absolute Gasteiger partial charge is 0.362 e. The second-order valence-corrected chi connectivity index (χ2v) is 4.93. The van der Waals surface area contributed by atoms with Gasteiger partial charge in [0.05, 0.1) is 10.7 Å². The van der Waals surface area contributed by atoms with E-state index in [1.54, 1.807) is 18.2 Å². The van der Waals surface area contributed by atoms with Crippen molar-refractivity contribution >= 4 is 45.8 Å². The maximum absolute atomic E-state index is 11.8. The van der Waals surface area contributed by atoms with Crippen molar-refractivity contribution in [2.45, 2.75) is 6.18 Å². The fourth-order valence-electron chi connectivity index (χ4n) is 1.04. The van der Waals surface area contributed by atoms with E-state index in [-0.39, 0.29) is 0 Å². The zero-order valence-corrected chi connectivity index (χ0v) is 11.8. The van der Waals surface area contributed by atoms with Gasteiger partial charge in [-0.2, -0.15) is 13.2 Å². The highest BCUT2D eigenvalue weighted by Gasteiger charge is 2.27. The predicted molar refractivity (Wildman–Crippen MR) is 69.7 cm³/mol. The average molecular weight is 394 g/mol. The standard InChI is InChI=1S/C10H8ClF3INO2/c11-7-3-6(15)1-2-8(7)16-9(17)4-18-5-10(12,13)14/h1-3H,4-5H2,(H,16,17). The van der Waals surface area contributed by atoms with Crippen LogP contribution in [0.15, 0.2) is 18.2 Å². The van der Waals surface area contributed by atoms with E-state index < -0.39 is 25.3 Å². The Morgan fingerprint density at radius 3 is 2.67 bits per heavy atom. The number of amides is 1. The van der Waals surface area contributed by atoms with Crippen molar-refractivity contribution < 1.29 is 22.7 Å². The van der Waals surface area contributed by atoms with Crippen molar-refractivity contribution in [1.29, 1.82) is 0 Å². The molecule has 1 amide bonds. The number of carbonyl (C=O) groups excluding carboxylic acids is 1. The summed E-state index contributed by atoms with van der Waals surface area (Å²) in [4.78, 5) is 11.3. The average Bonchev–Trinajstić information content (AvgIpc) is 2.20. The van der Waals surface area contributed by atoms with Crippen LogP contribution in [0.1, 0.15) is 0 Å². The number of ether oxygens (including phenoxy) is 1. The van der Waals surface area contributed by atoms with Crippen molar-refractivity contribution in [2.75, 3.05) is 18.5 Å². The van der Waals surface area contributed by atoms with Crippen LogP contribution in [0.4, 0.5) is 18.9 Å². The fraction of sp³-hybridized carbons (Fsp3) is 0.300. The van der Waals surface area contributed by atoms with Gasteiger partial charge in [0.1, 0.15) is 13.2 Å². The highest BCUT2D eigenvalue weighted by atomic mass is 127. The van der Waals surface area contributed by atoms with Crippen LogP contribution in [0.25, 0.3) is 0 Å². The Hall–Kier alpha value is -0.540. The zero-order valence-electron chi connectivity index (χ0n) is 8.85. The molecule has 1 rings (SSSR count). The maximum Gasteiger partial charge on any atom is 0.411 e. The van der Waals surface area contributed by atoms with Gasteiger partial charge in [-0.1, -0.05) is 11.6 Å². The van der Waals surface area contributed by atoms with Gasteiger partial charge < -0.3 is 10.1 Å². The molecule has 0 aliphatic heterocycles. The monoisotopic (exact) mass is 393 g/mol. The van der Waals surface area contributed by atoms with E-state index in [1.807, 2.05) is 22.6 Å². The van der Waals surface area contributed by atoms with Gasteiger partial charge in [0.25, 0.3) is 0 Å². The first-order valence-electron chi connectivity index (χ1n) is 4.67. The second-order valence-electron chi connectivity index (χ2n) is 3.28. The van der Waals surface area contributed by atoms with Crippen LogP contribution in [0.3, 0.4) is 0 Å². The minimum Gasteiger partial charge on any atom is -0.362 e. The number of alkyl halides is 3. The molecule has 18 heavy (non-hydrogen) atoms. The largest absolute Gasteiger partial charge is 0.411 e. The molecule has 1 aromatic rings. The van der Waals surface area contributed by atoms with Crippen LogP contribution < -0.4 is 5.32 Å². The molecule has 0 atom stereocenters. The molecule has 0 aromatic heterocycles. The molecule has 0 radical (unpaired) electrons. The van der Waals surface area contributed by atoms with Crippen molar-refractivity contribution in [3.63, 3.8) is 0 Å². The minimum atomic E-state index is -4.44. The van der Waals surface area contributed by atoms with E-state index in [0.29, 0.717) is 10.7 Å². The molecule has 0 bridgehead atoms. The molecule has 1 N–H and O–H groups in total. The van der Waals surface area contributed by atoms with Crippen LogP contribution in [-0.4, -0.2) is 25.3 Å². The maximum atomic E-state index is 11.8. The first kappa shape index (κ1) is 15.5. The molecular formula is C10H8ClF3INO2. The fourth-order valence-corrected chi connectivity index (χ4v) is 1.94. The van der Waals surface area contributed by atoms with Crippen LogP contribution >= 0.6 is 34.2 Å². The third kappa shape index (κ3) is 5.87. The molecule has 3 nitrogen and oxygen atoms in total. The lowest BCUT2D eigenvalue weighted by Crippen LogP contribution is -2.24. The highest BCUT2D eigenvalue weighted by Crippen LogP contribution is 2.23. The molecule has 0 heterocycles. The molecule has 0 spiro atoms. The Morgan fingerprint density at radius 1 is 1.44 bits per heavy atom.